The molecule has 24 heavy (non-hydrogen) atoms. The molecule has 2 aliphatic rings. The molecule has 7 nitrogen and oxygen atoms in total. The smallest absolute Gasteiger partial charge is 0.335 e. The lowest BCUT2D eigenvalue weighted by atomic mass is 10.1. The lowest BCUT2D eigenvalue weighted by Crippen LogP contribution is -2.42. The average molecular weight is 332 g/mol. The summed E-state index contributed by atoms with van der Waals surface area (Å²) in [6.07, 6.45) is 1.04. The zero-order valence-electron chi connectivity index (χ0n) is 13.5. The van der Waals surface area contributed by atoms with Crippen LogP contribution < -0.4 is 10.2 Å². The third-order valence-corrected chi connectivity index (χ3v) is 4.16. The van der Waals surface area contributed by atoms with Crippen molar-refractivity contribution in [1.29, 1.82) is 0 Å². The Balaban J connectivity index is 1.72. The van der Waals surface area contributed by atoms with Crippen LogP contribution in [0.2, 0.25) is 0 Å². The summed E-state index contributed by atoms with van der Waals surface area (Å²) in [5, 5.41) is 2.79. The predicted molar refractivity (Wildman–Crippen MR) is 86.6 cm³/mol. The molecule has 0 unspecified atom stereocenters. The van der Waals surface area contributed by atoms with Crippen molar-refractivity contribution < 1.29 is 23.9 Å². The van der Waals surface area contributed by atoms with Crippen molar-refractivity contribution in [3.05, 3.63) is 24.3 Å². The molecule has 2 atom stereocenters. The van der Waals surface area contributed by atoms with E-state index in [4.69, 9.17) is 9.47 Å². The van der Waals surface area contributed by atoms with E-state index in [9.17, 15) is 14.4 Å². The Labute approximate surface area is 139 Å². The van der Waals surface area contributed by atoms with E-state index in [1.54, 1.807) is 31.2 Å². The van der Waals surface area contributed by atoms with Crippen molar-refractivity contribution in [2.75, 3.05) is 23.4 Å². The number of para-hydroxylation sites is 2. The highest BCUT2D eigenvalue weighted by Crippen LogP contribution is 2.31. The molecule has 2 aliphatic heterocycles. The van der Waals surface area contributed by atoms with Crippen LogP contribution in [-0.4, -0.2) is 43.1 Å². The van der Waals surface area contributed by atoms with Crippen molar-refractivity contribution in [1.82, 2.24) is 0 Å². The fraction of sp³-hybridized carbons (Fsp3) is 0.471. The van der Waals surface area contributed by atoms with E-state index in [2.05, 4.69) is 5.32 Å². The van der Waals surface area contributed by atoms with E-state index in [1.165, 1.54) is 4.90 Å². The molecular formula is C17H20N2O5. The molecule has 7 heteroatoms. The number of anilines is 2. The maximum atomic E-state index is 12.6. The van der Waals surface area contributed by atoms with Gasteiger partial charge >= 0.3 is 5.97 Å². The quantitative estimate of drug-likeness (QED) is 0.847. The highest BCUT2D eigenvalue weighted by atomic mass is 16.6. The minimum Gasteiger partial charge on any atom is -0.454 e. The third kappa shape index (κ3) is 3.41. The largest absolute Gasteiger partial charge is 0.454 e. The first-order chi connectivity index (χ1) is 11.6. The van der Waals surface area contributed by atoms with Gasteiger partial charge in [-0.1, -0.05) is 12.1 Å². The number of ether oxygens (including phenoxy) is 2. The monoisotopic (exact) mass is 332 g/mol. The van der Waals surface area contributed by atoms with E-state index in [0.717, 1.165) is 6.42 Å². The lowest BCUT2D eigenvalue weighted by Gasteiger charge is -2.27. The number of esters is 1. The summed E-state index contributed by atoms with van der Waals surface area (Å²) in [4.78, 5) is 37.9. The van der Waals surface area contributed by atoms with Gasteiger partial charge in [-0.25, -0.2) is 4.79 Å². The van der Waals surface area contributed by atoms with Crippen molar-refractivity contribution in [3.63, 3.8) is 0 Å². The van der Waals surface area contributed by atoms with Gasteiger partial charge < -0.3 is 19.7 Å². The molecule has 1 N–H and O–H groups in total. The van der Waals surface area contributed by atoms with Gasteiger partial charge in [-0.3, -0.25) is 9.59 Å². The van der Waals surface area contributed by atoms with E-state index < -0.39 is 12.1 Å². The number of benzene rings is 1. The summed E-state index contributed by atoms with van der Waals surface area (Å²) in [6.45, 7) is 1.96. The van der Waals surface area contributed by atoms with Crippen LogP contribution >= 0.6 is 0 Å². The molecule has 0 spiro atoms. The lowest BCUT2D eigenvalue weighted by molar-refractivity contribution is -0.157. The summed E-state index contributed by atoms with van der Waals surface area (Å²) < 4.78 is 10.4. The van der Waals surface area contributed by atoms with Crippen LogP contribution in [0.1, 0.15) is 26.2 Å². The highest BCUT2D eigenvalue weighted by molar-refractivity contribution is 6.05. The maximum absolute atomic E-state index is 12.6. The molecular weight excluding hydrogens is 312 g/mol. The second-order valence-electron chi connectivity index (χ2n) is 5.99. The Hall–Kier alpha value is -2.41. The molecule has 1 aromatic carbocycles. The molecule has 128 valence electrons. The van der Waals surface area contributed by atoms with Crippen LogP contribution in [-0.2, 0) is 23.9 Å². The Morgan fingerprint density at radius 3 is 2.92 bits per heavy atom. The van der Waals surface area contributed by atoms with E-state index in [1.807, 2.05) is 0 Å². The number of nitrogens with one attached hydrogen (secondary N) is 1. The summed E-state index contributed by atoms with van der Waals surface area (Å²) >= 11 is 0. The third-order valence-electron chi connectivity index (χ3n) is 4.16. The molecule has 2 heterocycles. The van der Waals surface area contributed by atoms with Crippen molar-refractivity contribution in [3.8, 4) is 0 Å². The molecule has 0 aromatic heterocycles. The fourth-order valence-corrected chi connectivity index (χ4v) is 3.03. The predicted octanol–water partition coefficient (Wildman–Crippen LogP) is 1.47. The van der Waals surface area contributed by atoms with Gasteiger partial charge in [-0.15, -0.1) is 0 Å². The molecule has 1 fully saturated rings. The Morgan fingerprint density at radius 2 is 2.17 bits per heavy atom. The molecule has 0 saturated carbocycles. The van der Waals surface area contributed by atoms with Crippen molar-refractivity contribution >= 4 is 29.2 Å². The van der Waals surface area contributed by atoms with Crippen LogP contribution in [0, 0.1) is 0 Å². The van der Waals surface area contributed by atoms with Crippen LogP contribution in [0.5, 0.6) is 0 Å². The number of carbonyl (C=O) groups is 3. The van der Waals surface area contributed by atoms with Gasteiger partial charge in [0.15, 0.2) is 12.7 Å². The number of rotatable bonds is 3. The molecule has 3 rings (SSSR count). The number of amides is 2. The molecule has 1 aromatic rings. The van der Waals surface area contributed by atoms with Gasteiger partial charge in [0.25, 0.3) is 5.91 Å². The van der Waals surface area contributed by atoms with E-state index in [-0.39, 0.29) is 30.9 Å². The van der Waals surface area contributed by atoms with E-state index >= 15 is 0 Å². The molecule has 0 bridgehead atoms. The van der Waals surface area contributed by atoms with Gasteiger partial charge in [0.2, 0.25) is 5.91 Å². The van der Waals surface area contributed by atoms with E-state index in [0.29, 0.717) is 24.4 Å². The first-order valence-electron chi connectivity index (χ1n) is 8.05. The number of fused-ring (bicyclic) bond motifs is 1. The molecule has 0 aliphatic carbocycles. The molecule has 2 amide bonds. The summed E-state index contributed by atoms with van der Waals surface area (Å²) in [7, 11) is 0. The summed E-state index contributed by atoms with van der Waals surface area (Å²) in [5.41, 5.74) is 1.18. The topological polar surface area (TPSA) is 84.9 Å². The molecule has 0 radical (unpaired) electrons. The minimum absolute atomic E-state index is 0.151. The number of nitrogens with zero attached hydrogens (tertiary/aromatic N) is 1. The zero-order valence-corrected chi connectivity index (χ0v) is 13.5. The number of hydrogen-bond acceptors (Lipinski definition) is 5. The molecule has 1 saturated heterocycles. The van der Waals surface area contributed by atoms with Crippen molar-refractivity contribution in [2.45, 2.75) is 38.3 Å². The normalized spacial score (nSPS) is 23.2. The van der Waals surface area contributed by atoms with Gasteiger partial charge in [-0.2, -0.15) is 0 Å². The van der Waals surface area contributed by atoms with Gasteiger partial charge in [-0.05, 0) is 31.9 Å². The first-order valence-corrected chi connectivity index (χ1v) is 8.05. The first kappa shape index (κ1) is 16.4. The van der Waals surface area contributed by atoms with Crippen LogP contribution in [0.4, 0.5) is 11.4 Å². The number of hydrogen-bond donors (Lipinski definition) is 1. The standard InChI is InChI=1S/C17H20N2O5/c1-11-9-15(20)18-12-5-2-3-6-13(12)19(11)16(21)10-24-17(22)14-7-4-8-23-14/h2-3,5-6,11,14H,4,7-10H2,1H3,(H,18,20)/t11-,14+/m1/s1. The van der Waals surface area contributed by atoms with Crippen LogP contribution in [0.3, 0.4) is 0 Å². The average Bonchev–Trinajstić information content (AvgIpc) is 3.04. The minimum atomic E-state index is -0.574. The maximum Gasteiger partial charge on any atom is 0.335 e. The Morgan fingerprint density at radius 1 is 1.38 bits per heavy atom. The highest BCUT2D eigenvalue weighted by Gasteiger charge is 2.31. The van der Waals surface area contributed by atoms with Crippen LogP contribution in [0.15, 0.2) is 24.3 Å². The second-order valence-corrected chi connectivity index (χ2v) is 5.99. The van der Waals surface area contributed by atoms with Crippen molar-refractivity contribution in [2.24, 2.45) is 0 Å². The van der Waals surface area contributed by atoms with Gasteiger partial charge in [0, 0.05) is 19.1 Å². The second kappa shape index (κ2) is 7.00. The Kier molecular flexibility index (Phi) is 4.80. The van der Waals surface area contributed by atoms with Crippen LogP contribution in [0.25, 0.3) is 0 Å². The fourth-order valence-electron chi connectivity index (χ4n) is 3.03. The SMILES string of the molecule is C[C@@H]1CC(=O)Nc2ccccc2N1C(=O)COC(=O)[C@@H]1CCCO1. The Bertz CT molecular complexity index is 654. The van der Waals surface area contributed by atoms with Gasteiger partial charge in [0.1, 0.15) is 0 Å². The van der Waals surface area contributed by atoms with Gasteiger partial charge in [0.05, 0.1) is 11.4 Å². The summed E-state index contributed by atoms with van der Waals surface area (Å²) in [5.74, 6) is -1.02. The number of carbonyl (C=O) groups excluding carboxylic acids is 3. The zero-order chi connectivity index (χ0) is 17.1. The summed E-state index contributed by atoms with van der Waals surface area (Å²) in [6, 6.07) is 6.75.